The molecule has 0 fully saturated rings. The maximum Gasteiger partial charge on any atom is 0.119 e. The van der Waals surface area contributed by atoms with Gasteiger partial charge in [0.15, 0.2) is 0 Å². The van der Waals surface area contributed by atoms with Crippen LogP contribution in [0.2, 0.25) is 0 Å². The van der Waals surface area contributed by atoms with E-state index in [2.05, 4.69) is 10.1 Å². The Hall–Kier alpha value is -1.68. The zero-order chi connectivity index (χ0) is 9.38. The van der Waals surface area contributed by atoms with Gasteiger partial charge in [-0.25, -0.2) is 4.52 Å². The standard InChI is InChI=1S/C10H7N3S/c1-4-11-5-2-8(1)9-7-13-10(14-9)3-6-12-13/h1-7H. The largest absolute Gasteiger partial charge is 0.265 e. The molecule has 0 aliphatic carbocycles. The highest BCUT2D eigenvalue weighted by atomic mass is 32.1. The highest BCUT2D eigenvalue weighted by Gasteiger charge is 2.03. The van der Waals surface area contributed by atoms with E-state index in [1.807, 2.05) is 35.1 Å². The van der Waals surface area contributed by atoms with Crippen LogP contribution >= 0.6 is 11.3 Å². The monoisotopic (exact) mass is 201 g/mol. The van der Waals surface area contributed by atoms with Gasteiger partial charge < -0.3 is 0 Å². The maximum atomic E-state index is 4.18. The lowest BCUT2D eigenvalue weighted by Gasteiger charge is -1.92. The van der Waals surface area contributed by atoms with Crippen molar-refractivity contribution in [3.8, 4) is 10.4 Å². The van der Waals surface area contributed by atoms with Gasteiger partial charge in [0.2, 0.25) is 0 Å². The summed E-state index contributed by atoms with van der Waals surface area (Å²) in [4.78, 5) is 6.38. The first kappa shape index (κ1) is 7.70. The number of hydrogen-bond donors (Lipinski definition) is 0. The third-order valence-electron chi connectivity index (χ3n) is 2.05. The maximum absolute atomic E-state index is 4.18. The van der Waals surface area contributed by atoms with Crippen LogP contribution in [0.4, 0.5) is 0 Å². The van der Waals surface area contributed by atoms with Gasteiger partial charge in [-0.1, -0.05) is 0 Å². The summed E-state index contributed by atoms with van der Waals surface area (Å²) in [6.45, 7) is 0. The second-order valence-electron chi connectivity index (χ2n) is 2.95. The van der Waals surface area contributed by atoms with Crippen molar-refractivity contribution in [3.05, 3.63) is 43.0 Å². The molecule has 3 heterocycles. The summed E-state index contributed by atoms with van der Waals surface area (Å²) in [5.41, 5.74) is 1.19. The molecule has 0 atom stereocenters. The van der Waals surface area contributed by atoms with E-state index in [1.165, 1.54) is 10.4 Å². The zero-order valence-electron chi connectivity index (χ0n) is 7.29. The van der Waals surface area contributed by atoms with Crippen LogP contribution in [0.25, 0.3) is 15.3 Å². The Morgan fingerprint density at radius 1 is 1.07 bits per heavy atom. The van der Waals surface area contributed by atoms with Crippen LogP contribution in [-0.2, 0) is 0 Å². The van der Waals surface area contributed by atoms with E-state index in [0.29, 0.717) is 0 Å². The lowest BCUT2D eigenvalue weighted by atomic mass is 10.2. The van der Waals surface area contributed by atoms with Crippen LogP contribution in [-0.4, -0.2) is 14.6 Å². The molecule has 0 spiro atoms. The third kappa shape index (κ3) is 1.12. The molecule has 0 bridgehead atoms. The summed E-state index contributed by atoms with van der Waals surface area (Å²) < 4.78 is 1.89. The first-order chi connectivity index (χ1) is 6.93. The van der Waals surface area contributed by atoms with Crippen molar-refractivity contribution in [2.75, 3.05) is 0 Å². The van der Waals surface area contributed by atoms with E-state index in [0.717, 1.165) is 4.83 Å². The number of nitrogens with zero attached hydrogens (tertiary/aromatic N) is 3. The number of fused-ring (bicyclic) bond motifs is 1. The molecule has 0 saturated carbocycles. The summed E-state index contributed by atoms with van der Waals surface area (Å²) in [5, 5.41) is 4.18. The van der Waals surface area contributed by atoms with Crippen LogP contribution in [0.3, 0.4) is 0 Å². The molecule has 0 aliphatic rings. The molecule has 0 unspecified atom stereocenters. The predicted octanol–water partition coefficient (Wildman–Crippen LogP) is 2.46. The molecule has 0 N–H and O–H groups in total. The Morgan fingerprint density at radius 3 is 2.71 bits per heavy atom. The van der Waals surface area contributed by atoms with Crippen molar-refractivity contribution in [1.29, 1.82) is 0 Å². The molecule has 0 saturated heterocycles. The van der Waals surface area contributed by atoms with E-state index in [-0.39, 0.29) is 0 Å². The Bertz CT molecular complexity index is 524. The summed E-state index contributed by atoms with van der Waals surface area (Å²) in [5.74, 6) is 0. The van der Waals surface area contributed by atoms with E-state index in [9.17, 15) is 0 Å². The van der Waals surface area contributed by atoms with Gasteiger partial charge in [0, 0.05) is 18.6 Å². The highest BCUT2D eigenvalue weighted by molar-refractivity contribution is 7.20. The molecule has 0 aromatic carbocycles. The smallest absolute Gasteiger partial charge is 0.119 e. The van der Waals surface area contributed by atoms with Crippen LogP contribution in [0, 0.1) is 0 Å². The lowest BCUT2D eigenvalue weighted by molar-refractivity contribution is 0.978. The molecule has 4 heteroatoms. The lowest BCUT2D eigenvalue weighted by Crippen LogP contribution is -1.77. The van der Waals surface area contributed by atoms with Gasteiger partial charge in [0.1, 0.15) is 4.83 Å². The fraction of sp³-hybridized carbons (Fsp3) is 0. The van der Waals surface area contributed by atoms with Gasteiger partial charge in [0.05, 0.1) is 11.1 Å². The molecular weight excluding hydrogens is 194 g/mol. The molecule has 3 aromatic rings. The number of rotatable bonds is 1. The van der Waals surface area contributed by atoms with Gasteiger partial charge in [-0.2, -0.15) is 5.10 Å². The Balaban J connectivity index is 2.19. The minimum absolute atomic E-state index is 1.16. The van der Waals surface area contributed by atoms with Crippen molar-refractivity contribution < 1.29 is 0 Å². The van der Waals surface area contributed by atoms with E-state index < -0.39 is 0 Å². The number of hydrogen-bond acceptors (Lipinski definition) is 3. The fourth-order valence-corrected chi connectivity index (χ4v) is 2.33. The van der Waals surface area contributed by atoms with Gasteiger partial charge in [0.25, 0.3) is 0 Å². The topological polar surface area (TPSA) is 30.2 Å². The molecule has 68 valence electrons. The van der Waals surface area contributed by atoms with Crippen molar-refractivity contribution in [2.24, 2.45) is 0 Å². The average Bonchev–Trinajstić information content (AvgIpc) is 2.78. The molecule has 3 aromatic heterocycles. The predicted molar refractivity (Wildman–Crippen MR) is 56.3 cm³/mol. The normalized spacial score (nSPS) is 10.9. The molecule has 3 rings (SSSR count). The Kier molecular flexibility index (Phi) is 1.61. The summed E-state index contributed by atoms with van der Waals surface area (Å²) >= 11 is 1.73. The first-order valence-corrected chi connectivity index (χ1v) is 5.09. The third-order valence-corrected chi connectivity index (χ3v) is 3.15. The van der Waals surface area contributed by atoms with Gasteiger partial charge in [-0.05, 0) is 23.8 Å². The van der Waals surface area contributed by atoms with Crippen molar-refractivity contribution >= 4 is 16.2 Å². The number of thiazole rings is 1. The van der Waals surface area contributed by atoms with Gasteiger partial charge >= 0.3 is 0 Å². The van der Waals surface area contributed by atoms with E-state index in [4.69, 9.17) is 0 Å². The van der Waals surface area contributed by atoms with Crippen molar-refractivity contribution in [2.45, 2.75) is 0 Å². The molecule has 0 aliphatic heterocycles. The SMILES string of the molecule is c1cc(-c2cn3nccc3s2)ccn1. The molecule has 14 heavy (non-hydrogen) atoms. The van der Waals surface area contributed by atoms with E-state index in [1.54, 1.807) is 23.7 Å². The quantitative estimate of drug-likeness (QED) is 0.605. The molecule has 0 radical (unpaired) electrons. The number of pyridine rings is 1. The second kappa shape index (κ2) is 2.92. The van der Waals surface area contributed by atoms with Crippen molar-refractivity contribution in [1.82, 2.24) is 14.6 Å². The minimum Gasteiger partial charge on any atom is -0.265 e. The molecule has 3 nitrogen and oxygen atoms in total. The Labute approximate surface area is 84.7 Å². The van der Waals surface area contributed by atoms with Crippen LogP contribution in [0.5, 0.6) is 0 Å². The van der Waals surface area contributed by atoms with Crippen LogP contribution in [0.15, 0.2) is 43.0 Å². The van der Waals surface area contributed by atoms with E-state index >= 15 is 0 Å². The highest BCUT2D eigenvalue weighted by Crippen LogP contribution is 2.27. The minimum atomic E-state index is 1.16. The van der Waals surface area contributed by atoms with Crippen LogP contribution in [0.1, 0.15) is 0 Å². The summed E-state index contributed by atoms with van der Waals surface area (Å²) in [7, 11) is 0. The van der Waals surface area contributed by atoms with Gasteiger partial charge in [-0.3, -0.25) is 4.98 Å². The fourth-order valence-electron chi connectivity index (χ4n) is 1.38. The summed E-state index contributed by atoms with van der Waals surface area (Å²) in [6.07, 6.45) is 7.45. The molecule has 0 amide bonds. The average molecular weight is 201 g/mol. The van der Waals surface area contributed by atoms with Crippen LogP contribution < -0.4 is 0 Å². The summed E-state index contributed by atoms with van der Waals surface area (Å²) in [6, 6.07) is 6.02. The second-order valence-corrected chi connectivity index (χ2v) is 4.01. The molecular formula is C10H7N3S. The van der Waals surface area contributed by atoms with Crippen molar-refractivity contribution in [3.63, 3.8) is 0 Å². The number of aromatic nitrogens is 3. The first-order valence-electron chi connectivity index (χ1n) is 4.27. The zero-order valence-corrected chi connectivity index (χ0v) is 8.11. The van der Waals surface area contributed by atoms with Gasteiger partial charge in [-0.15, -0.1) is 11.3 Å². The Morgan fingerprint density at radius 2 is 1.93 bits per heavy atom.